The van der Waals surface area contributed by atoms with Gasteiger partial charge in [-0.2, -0.15) is 0 Å². The number of ether oxygens (including phenoxy) is 3. The summed E-state index contributed by atoms with van der Waals surface area (Å²) in [4.78, 5) is 33.7. The van der Waals surface area contributed by atoms with Crippen LogP contribution in [0, 0.1) is 11.2 Å². The third kappa shape index (κ3) is 6.30. The average Bonchev–Trinajstić information content (AvgIpc) is 3.43. The molecule has 0 spiro atoms. The first-order chi connectivity index (χ1) is 19.4. The summed E-state index contributed by atoms with van der Waals surface area (Å²) in [7, 11) is 1.57. The standard InChI is InChI=1S/C28H30FN7O4/c1-28(26(37)31-13-14-38-2)16-39-25(40-17-28)24-35-22(19-3-5-20(29)6-4-19)23(36-24)21-9-12-32-27(34-21)33-15-18-7-10-30-11-8-18/h3-12,25H,13-17H2,1-2H3,(H,31,37)(H,35,36)(H,32,33,34). The molecule has 0 unspecified atom stereocenters. The van der Waals surface area contributed by atoms with Crippen LogP contribution in [-0.4, -0.2) is 64.3 Å². The Balaban J connectivity index is 1.38. The van der Waals surface area contributed by atoms with E-state index in [9.17, 15) is 9.18 Å². The number of nitrogens with one attached hydrogen (secondary N) is 3. The van der Waals surface area contributed by atoms with Gasteiger partial charge in [-0.25, -0.2) is 19.3 Å². The van der Waals surface area contributed by atoms with Gasteiger partial charge in [0.2, 0.25) is 18.1 Å². The van der Waals surface area contributed by atoms with E-state index >= 15 is 0 Å². The molecule has 1 saturated heterocycles. The highest BCUT2D eigenvalue weighted by Gasteiger charge is 2.40. The minimum atomic E-state index is -0.860. The number of methoxy groups -OCH3 is 1. The van der Waals surface area contributed by atoms with Crippen molar-refractivity contribution in [1.82, 2.24) is 30.2 Å². The maximum atomic E-state index is 13.7. The number of aromatic nitrogens is 5. The van der Waals surface area contributed by atoms with Crippen LogP contribution in [-0.2, 0) is 25.5 Å². The first-order valence-corrected chi connectivity index (χ1v) is 12.8. The molecule has 40 heavy (non-hydrogen) atoms. The summed E-state index contributed by atoms with van der Waals surface area (Å²) in [5.41, 5.74) is 2.57. The molecule has 3 N–H and O–H groups in total. The summed E-state index contributed by atoms with van der Waals surface area (Å²) in [6.07, 6.45) is 4.26. The Morgan fingerprint density at radius 2 is 1.85 bits per heavy atom. The number of hydrogen-bond acceptors (Lipinski definition) is 9. The van der Waals surface area contributed by atoms with Crippen molar-refractivity contribution in [3.05, 3.63) is 78.3 Å². The number of aromatic amines is 1. The van der Waals surface area contributed by atoms with Crippen LogP contribution in [0.4, 0.5) is 10.3 Å². The van der Waals surface area contributed by atoms with Gasteiger partial charge >= 0.3 is 0 Å². The van der Waals surface area contributed by atoms with E-state index in [4.69, 9.17) is 19.2 Å². The first kappa shape index (κ1) is 27.3. The van der Waals surface area contributed by atoms with Crippen LogP contribution < -0.4 is 10.6 Å². The largest absolute Gasteiger partial charge is 0.383 e. The zero-order chi connectivity index (χ0) is 28.0. The lowest BCUT2D eigenvalue weighted by molar-refractivity contribution is -0.231. The van der Waals surface area contributed by atoms with Crippen LogP contribution in [0.5, 0.6) is 0 Å². The second-order valence-corrected chi connectivity index (χ2v) is 9.59. The van der Waals surface area contributed by atoms with Crippen molar-refractivity contribution in [1.29, 1.82) is 0 Å². The molecule has 0 saturated carbocycles. The van der Waals surface area contributed by atoms with Gasteiger partial charge in [0, 0.05) is 44.4 Å². The van der Waals surface area contributed by atoms with Gasteiger partial charge < -0.3 is 29.8 Å². The minimum Gasteiger partial charge on any atom is -0.383 e. The van der Waals surface area contributed by atoms with Crippen LogP contribution >= 0.6 is 0 Å². The Kier molecular flexibility index (Phi) is 8.39. The van der Waals surface area contributed by atoms with E-state index in [1.807, 2.05) is 12.1 Å². The lowest BCUT2D eigenvalue weighted by Gasteiger charge is -2.35. The van der Waals surface area contributed by atoms with Crippen molar-refractivity contribution in [2.45, 2.75) is 19.8 Å². The predicted molar refractivity (Wildman–Crippen MR) is 144 cm³/mol. The Labute approximate surface area is 230 Å². The first-order valence-electron chi connectivity index (χ1n) is 12.8. The Hall–Kier alpha value is -4.26. The molecule has 1 aromatic carbocycles. The molecule has 0 bridgehead atoms. The lowest BCUT2D eigenvalue weighted by Crippen LogP contribution is -2.49. The van der Waals surface area contributed by atoms with Crippen LogP contribution in [0.15, 0.2) is 61.1 Å². The molecule has 1 aliphatic heterocycles. The SMILES string of the molecule is COCCNC(=O)C1(C)COC(c2nc(-c3ccc(F)cc3)c(-c3ccnc(NCc4ccncc4)n3)[nH]2)OC1. The molecule has 4 heterocycles. The number of hydrogen-bond donors (Lipinski definition) is 3. The molecule has 3 aromatic heterocycles. The van der Waals surface area contributed by atoms with Crippen molar-refractivity contribution >= 4 is 11.9 Å². The second-order valence-electron chi connectivity index (χ2n) is 9.59. The Bertz CT molecular complexity index is 1420. The number of pyridine rings is 1. The highest BCUT2D eigenvalue weighted by atomic mass is 19.1. The number of amides is 1. The number of carbonyl (C=O) groups is 1. The fourth-order valence-electron chi connectivity index (χ4n) is 4.15. The van der Waals surface area contributed by atoms with Crippen molar-refractivity contribution in [3.63, 3.8) is 0 Å². The normalized spacial score (nSPS) is 18.8. The van der Waals surface area contributed by atoms with Crippen molar-refractivity contribution < 1.29 is 23.4 Å². The molecule has 4 aromatic rings. The maximum absolute atomic E-state index is 13.7. The third-order valence-corrected chi connectivity index (χ3v) is 6.42. The van der Waals surface area contributed by atoms with Crippen LogP contribution in [0.1, 0.15) is 24.6 Å². The van der Waals surface area contributed by atoms with Crippen molar-refractivity contribution in [3.8, 4) is 22.6 Å². The van der Waals surface area contributed by atoms with Crippen LogP contribution in [0.3, 0.4) is 0 Å². The lowest BCUT2D eigenvalue weighted by atomic mass is 9.91. The van der Waals surface area contributed by atoms with Crippen molar-refractivity contribution in [2.24, 2.45) is 5.41 Å². The van der Waals surface area contributed by atoms with Gasteiger partial charge in [0.25, 0.3) is 0 Å². The minimum absolute atomic E-state index is 0.134. The van der Waals surface area contributed by atoms with E-state index in [-0.39, 0.29) is 24.9 Å². The van der Waals surface area contributed by atoms with E-state index in [1.54, 1.807) is 50.8 Å². The molecule has 12 heteroatoms. The van der Waals surface area contributed by atoms with Gasteiger partial charge in [-0.1, -0.05) is 0 Å². The molecule has 0 aliphatic carbocycles. The molecule has 0 radical (unpaired) electrons. The fourth-order valence-corrected chi connectivity index (χ4v) is 4.15. The molecule has 0 atom stereocenters. The maximum Gasteiger partial charge on any atom is 0.230 e. The highest BCUT2D eigenvalue weighted by Crippen LogP contribution is 2.35. The molecule has 208 valence electrons. The van der Waals surface area contributed by atoms with Gasteiger partial charge in [0.1, 0.15) is 5.82 Å². The quantitative estimate of drug-likeness (QED) is 0.255. The summed E-state index contributed by atoms with van der Waals surface area (Å²) < 4.78 is 30.6. The zero-order valence-electron chi connectivity index (χ0n) is 22.2. The Morgan fingerprint density at radius 3 is 2.58 bits per heavy atom. The summed E-state index contributed by atoms with van der Waals surface area (Å²) in [5.74, 6) is 0.299. The number of carbonyl (C=O) groups excluding carboxylic acids is 1. The number of nitrogens with zero attached hydrogens (tertiary/aromatic N) is 4. The van der Waals surface area contributed by atoms with Crippen LogP contribution in [0.25, 0.3) is 22.6 Å². The molecular formula is C28H30FN7O4. The van der Waals surface area contributed by atoms with Gasteiger partial charge in [-0.3, -0.25) is 9.78 Å². The fraction of sp³-hybridized carbons (Fsp3) is 0.321. The topological polar surface area (TPSA) is 136 Å². The van der Waals surface area contributed by atoms with E-state index in [2.05, 4.69) is 30.6 Å². The monoisotopic (exact) mass is 547 g/mol. The smallest absolute Gasteiger partial charge is 0.230 e. The molecular weight excluding hydrogens is 517 g/mol. The van der Waals surface area contributed by atoms with Gasteiger partial charge in [-0.15, -0.1) is 0 Å². The molecule has 1 aliphatic rings. The molecule has 11 nitrogen and oxygen atoms in total. The van der Waals surface area contributed by atoms with Gasteiger partial charge in [-0.05, 0) is 55.0 Å². The number of rotatable bonds is 10. The van der Waals surface area contributed by atoms with Gasteiger partial charge in [0.15, 0.2) is 5.82 Å². The van der Waals surface area contributed by atoms with E-state index in [1.165, 1.54) is 12.1 Å². The predicted octanol–water partition coefficient (Wildman–Crippen LogP) is 3.49. The molecule has 1 fully saturated rings. The number of halogens is 1. The summed E-state index contributed by atoms with van der Waals surface area (Å²) in [6, 6.07) is 11.6. The van der Waals surface area contributed by atoms with Gasteiger partial charge in [0.05, 0.1) is 42.3 Å². The van der Waals surface area contributed by atoms with Crippen molar-refractivity contribution in [2.75, 3.05) is 38.8 Å². The van der Waals surface area contributed by atoms with E-state index in [0.29, 0.717) is 54.1 Å². The Morgan fingerprint density at radius 1 is 1.10 bits per heavy atom. The van der Waals surface area contributed by atoms with E-state index < -0.39 is 11.7 Å². The zero-order valence-corrected chi connectivity index (χ0v) is 22.2. The number of benzene rings is 1. The number of anilines is 1. The highest BCUT2D eigenvalue weighted by molar-refractivity contribution is 5.82. The number of H-pyrrole nitrogens is 1. The summed E-state index contributed by atoms with van der Waals surface area (Å²) >= 11 is 0. The van der Waals surface area contributed by atoms with Crippen LogP contribution in [0.2, 0.25) is 0 Å². The third-order valence-electron chi connectivity index (χ3n) is 6.42. The average molecular weight is 548 g/mol. The van der Waals surface area contributed by atoms with E-state index in [0.717, 1.165) is 5.56 Å². The summed E-state index contributed by atoms with van der Waals surface area (Å²) in [6.45, 7) is 3.38. The molecule has 5 rings (SSSR count). The summed E-state index contributed by atoms with van der Waals surface area (Å²) in [5, 5.41) is 6.05. The molecule has 1 amide bonds. The number of imidazole rings is 1. The second kappa shape index (κ2) is 12.3.